The number of benzene rings is 1. The third-order valence-electron chi connectivity index (χ3n) is 3.24. The van der Waals surface area contributed by atoms with E-state index in [9.17, 15) is 9.59 Å². The van der Waals surface area contributed by atoms with Crippen LogP contribution in [0.25, 0.3) is 0 Å². The van der Waals surface area contributed by atoms with Gasteiger partial charge in [0.25, 0.3) is 0 Å². The predicted octanol–water partition coefficient (Wildman–Crippen LogP) is 1.72. The summed E-state index contributed by atoms with van der Waals surface area (Å²) >= 11 is 0. The van der Waals surface area contributed by atoms with Crippen molar-refractivity contribution in [3.8, 4) is 5.75 Å². The highest BCUT2D eigenvalue weighted by Crippen LogP contribution is 2.22. The molecule has 1 aromatic rings. The number of carbonyl (C=O) groups is 2. The van der Waals surface area contributed by atoms with Crippen LogP contribution in [0.3, 0.4) is 0 Å². The van der Waals surface area contributed by atoms with E-state index < -0.39 is 6.04 Å². The Labute approximate surface area is 118 Å². The van der Waals surface area contributed by atoms with Crippen molar-refractivity contribution >= 4 is 17.5 Å². The van der Waals surface area contributed by atoms with Crippen LogP contribution in [0.5, 0.6) is 5.75 Å². The first kappa shape index (κ1) is 14.4. The summed E-state index contributed by atoms with van der Waals surface area (Å²) in [5, 5.41) is 2.74. The number of nitrogens with one attached hydrogen (secondary N) is 1. The Morgan fingerprint density at radius 1 is 1.25 bits per heavy atom. The highest BCUT2D eigenvalue weighted by molar-refractivity contribution is 6.06. The quantitative estimate of drug-likeness (QED) is 0.890. The monoisotopic (exact) mass is 276 g/mol. The van der Waals surface area contributed by atoms with Crippen molar-refractivity contribution in [2.75, 3.05) is 18.1 Å². The molecule has 0 saturated carbocycles. The molecular formula is C15H20N2O3. The van der Waals surface area contributed by atoms with E-state index in [4.69, 9.17) is 4.74 Å². The number of anilines is 1. The molecule has 5 nitrogen and oxygen atoms in total. The van der Waals surface area contributed by atoms with Gasteiger partial charge in [0.2, 0.25) is 11.8 Å². The van der Waals surface area contributed by atoms with Crippen molar-refractivity contribution in [2.45, 2.75) is 32.7 Å². The van der Waals surface area contributed by atoms with Crippen molar-refractivity contribution in [1.29, 1.82) is 0 Å². The minimum absolute atomic E-state index is 0.0457. The number of ether oxygens (including phenoxy) is 1. The van der Waals surface area contributed by atoms with E-state index in [1.807, 2.05) is 38.1 Å². The summed E-state index contributed by atoms with van der Waals surface area (Å²) in [5.41, 5.74) is 0.731. The van der Waals surface area contributed by atoms with Gasteiger partial charge in [-0.25, -0.2) is 0 Å². The fourth-order valence-electron chi connectivity index (χ4n) is 2.30. The molecule has 1 atom stereocenters. The first-order chi connectivity index (χ1) is 9.65. The molecule has 1 aliphatic rings. The maximum atomic E-state index is 12.4. The minimum Gasteiger partial charge on any atom is -0.494 e. The molecule has 5 heteroatoms. The van der Waals surface area contributed by atoms with E-state index in [-0.39, 0.29) is 18.4 Å². The number of nitrogens with zero attached hydrogens (tertiary/aromatic N) is 1. The lowest BCUT2D eigenvalue weighted by molar-refractivity contribution is -0.131. The molecule has 1 aromatic carbocycles. The molecule has 1 aliphatic heterocycles. The normalized spacial score (nSPS) is 18.9. The third kappa shape index (κ3) is 3.10. The average molecular weight is 276 g/mol. The maximum Gasteiger partial charge on any atom is 0.250 e. The van der Waals surface area contributed by atoms with Crippen molar-refractivity contribution in [2.24, 2.45) is 0 Å². The number of amides is 2. The molecule has 1 heterocycles. The number of piperazine rings is 1. The zero-order valence-electron chi connectivity index (χ0n) is 11.9. The van der Waals surface area contributed by atoms with E-state index >= 15 is 0 Å². The molecule has 20 heavy (non-hydrogen) atoms. The van der Waals surface area contributed by atoms with Crippen LogP contribution in [-0.4, -0.2) is 31.0 Å². The Morgan fingerprint density at radius 2 is 1.95 bits per heavy atom. The molecule has 0 aromatic heterocycles. The van der Waals surface area contributed by atoms with Gasteiger partial charge in [-0.2, -0.15) is 0 Å². The van der Waals surface area contributed by atoms with Gasteiger partial charge in [-0.15, -0.1) is 0 Å². The maximum absolute atomic E-state index is 12.4. The molecule has 1 fully saturated rings. The number of hydrogen-bond donors (Lipinski definition) is 1. The van der Waals surface area contributed by atoms with Gasteiger partial charge in [-0.05, 0) is 37.6 Å². The summed E-state index contributed by atoms with van der Waals surface area (Å²) in [5.74, 6) is 0.600. The Hall–Kier alpha value is -2.04. The van der Waals surface area contributed by atoms with Crippen molar-refractivity contribution < 1.29 is 14.3 Å². The molecule has 2 amide bonds. The average Bonchev–Trinajstić information content (AvgIpc) is 2.44. The zero-order valence-corrected chi connectivity index (χ0v) is 11.9. The van der Waals surface area contributed by atoms with Gasteiger partial charge < -0.3 is 15.0 Å². The Morgan fingerprint density at radius 3 is 2.55 bits per heavy atom. The van der Waals surface area contributed by atoms with Crippen LogP contribution >= 0.6 is 0 Å². The van der Waals surface area contributed by atoms with E-state index in [2.05, 4.69) is 5.32 Å². The SMILES string of the molecule is CCCC1NC(=O)CN(c2ccc(OCC)cc2)C1=O. The molecule has 0 radical (unpaired) electrons. The lowest BCUT2D eigenvalue weighted by Gasteiger charge is -2.32. The minimum atomic E-state index is -0.409. The van der Waals surface area contributed by atoms with Gasteiger partial charge in [0.05, 0.1) is 6.61 Å². The second-order valence-corrected chi connectivity index (χ2v) is 4.76. The van der Waals surface area contributed by atoms with E-state index in [1.165, 1.54) is 4.90 Å². The highest BCUT2D eigenvalue weighted by atomic mass is 16.5. The lowest BCUT2D eigenvalue weighted by Crippen LogP contribution is -2.58. The predicted molar refractivity (Wildman–Crippen MR) is 76.8 cm³/mol. The second kappa shape index (κ2) is 6.41. The first-order valence-corrected chi connectivity index (χ1v) is 6.99. The topological polar surface area (TPSA) is 58.6 Å². The van der Waals surface area contributed by atoms with Crippen LogP contribution in [-0.2, 0) is 9.59 Å². The van der Waals surface area contributed by atoms with Crippen molar-refractivity contribution in [3.05, 3.63) is 24.3 Å². The number of hydrogen-bond acceptors (Lipinski definition) is 3. The van der Waals surface area contributed by atoms with Gasteiger partial charge >= 0.3 is 0 Å². The van der Waals surface area contributed by atoms with Crippen LogP contribution in [0.15, 0.2) is 24.3 Å². The standard InChI is InChI=1S/C15H20N2O3/c1-3-5-13-15(19)17(10-14(18)16-13)11-6-8-12(9-7-11)20-4-2/h6-9,13H,3-5,10H2,1-2H3,(H,16,18). The van der Waals surface area contributed by atoms with Gasteiger partial charge in [0, 0.05) is 5.69 Å². The molecule has 1 saturated heterocycles. The van der Waals surface area contributed by atoms with E-state index in [1.54, 1.807) is 0 Å². The van der Waals surface area contributed by atoms with Gasteiger partial charge in [-0.3, -0.25) is 9.59 Å². The summed E-state index contributed by atoms with van der Waals surface area (Å²) in [4.78, 5) is 25.6. The summed E-state index contributed by atoms with van der Waals surface area (Å²) in [6.45, 7) is 4.59. The molecule has 1 unspecified atom stereocenters. The molecule has 0 spiro atoms. The lowest BCUT2D eigenvalue weighted by atomic mass is 10.1. The third-order valence-corrected chi connectivity index (χ3v) is 3.24. The molecule has 0 bridgehead atoms. The summed E-state index contributed by atoms with van der Waals surface area (Å²) in [7, 11) is 0. The molecule has 108 valence electrons. The molecular weight excluding hydrogens is 256 g/mol. The van der Waals surface area contributed by atoms with Gasteiger partial charge in [0.1, 0.15) is 18.3 Å². The van der Waals surface area contributed by atoms with Crippen molar-refractivity contribution in [1.82, 2.24) is 5.32 Å². The summed E-state index contributed by atoms with van der Waals surface area (Å²) in [6.07, 6.45) is 1.52. The molecule has 2 rings (SSSR count). The molecule has 0 aliphatic carbocycles. The highest BCUT2D eigenvalue weighted by Gasteiger charge is 2.32. The Kier molecular flexibility index (Phi) is 4.61. The zero-order chi connectivity index (χ0) is 14.5. The summed E-state index contributed by atoms with van der Waals surface area (Å²) in [6, 6.07) is 6.84. The van der Waals surface area contributed by atoms with Crippen LogP contribution in [0, 0.1) is 0 Å². The summed E-state index contributed by atoms with van der Waals surface area (Å²) < 4.78 is 5.37. The molecule has 1 N–H and O–H groups in total. The van der Waals surface area contributed by atoms with Crippen LogP contribution in [0.2, 0.25) is 0 Å². The smallest absolute Gasteiger partial charge is 0.250 e. The Balaban J connectivity index is 2.17. The van der Waals surface area contributed by atoms with E-state index in [0.717, 1.165) is 17.9 Å². The number of carbonyl (C=O) groups excluding carboxylic acids is 2. The largest absolute Gasteiger partial charge is 0.494 e. The van der Waals surface area contributed by atoms with Crippen molar-refractivity contribution in [3.63, 3.8) is 0 Å². The van der Waals surface area contributed by atoms with Gasteiger partial charge in [0.15, 0.2) is 0 Å². The first-order valence-electron chi connectivity index (χ1n) is 6.99. The van der Waals surface area contributed by atoms with Crippen LogP contribution in [0.1, 0.15) is 26.7 Å². The fourth-order valence-corrected chi connectivity index (χ4v) is 2.30. The fraction of sp³-hybridized carbons (Fsp3) is 0.467. The van der Waals surface area contributed by atoms with Crippen LogP contribution in [0.4, 0.5) is 5.69 Å². The Bertz CT molecular complexity index is 484. The van der Waals surface area contributed by atoms with E-state index in [0.29, 0.717) is 13.0 Å². The van der Waals surface area contributed by atoms with Gasteiger partial charge in [-0.1, -0.05) is 13.3 Å². The number of rotatable bonds is 5. The second-order valence-electron chi connectivity index (χ2n) is 4.76. The van der Waals surface area contributed by atoms with Crippen LogP contribution < -0.4 is 15.0 Å².